The second-order valence-corrected chi connectivity index (χ2v) is 10.4. The first-order valence-corrected chi connectivity index (χ1v) is 12.6. The molecule has 0 amide bonds. The predicted octanol–water partition coefficient (Wildman–Crippen LogP) is 3.90. The van der Waals surface area contributed by atoms with Crippen molar-refractivity contribution < 1.29 is 14.3 Å². The van der Waals surface area contributed by atoms with Gasteiger partial charge in [0.05, 0.1) is 35.7 Å². The molecular weight excluding hydrogens is 554 g/mol. The lowest BCUT2D eigenvalue weighted by Gasteiger charge is -2.25. The van der Waals surface area contributed by atoms with Crippen LogP contribution in [0.15, 0.2) is 61.9 Å². The largest absolute Gasteiger partial charge is 0.496 e. The molecule has 0 saturated heterocycles. The van der Waals surface area contributed by atoms with Crippen molar-refractivity contribution in [2.24, 2.45) is 4.99 Å². The van der Waals surface area contributed by atoms with E-state index in [1.54, 1.807) is 25.1 Å². The molecular formula is C25H23BrClN3O4S. The van der Waals surface area contributed by atoms with Crippen molar-refractivity contribution >= 4 is 56.6 Å². The third kappa shape index (κ3) is 4.68. The minimum atomic E-state index is -0.808. The molecule has 1 aromatic heterocycles. The van der Waals surface area contributed by atoms with E-state index < -0.39 is 12.0 Å². The average Bonchev–Trinajstić information content (AvgIpc) is 3.11. The molecule has 0 radical (unpaired) electrons. The summed E-state index contributed by atoms with van der Waals surface area (Å²) in [7, 11) is 6.75. The van der Waals surface area contributed by atoms with Gasteiger partial charge in [0.2, 0.25) is 0 Å². The number of nitrogens with zero attached hydrogens (tertiary/aromatic N) is 3. The van der Waals surface area contributed by atoms with Crippen molar-refractivity contribution in [2.45, 2.75) is 13.0 Å². The Kier molecular flexibility index (Phi) is 7.21. The lowest BCUT2D eigenvalue weighted by atomic mass is 9.95. The molecule has 35 heavy (non-hydrogen) atoms. The summed E-state index contributed by atoms with van der Waals surface area (Å²) in [5.74, 6) is -0.0796. The van der Waals surface area contributed by atoms with Crippen LogP contribution in [0.4, 0.5) is 5.69 Å². The van der Waals surface area contributed by atoms with Gasteiger partial charge in [0.1, 0.15) is 11.8 Å². The van der Waals surface area contributed by atoms with Crippen LogP contribution in [0.1, 0.15) is 24.1 Å². The maximum absolute atomic E-state index is 13.7. The van der Waals surface area contributed by atoms with Crippen LogP contribution < -0.4 is 24.5 Å². The van der Waals surface area contributed by atoms with E-state index in [0.29, 0.717) is 31.4 Å². The van der Waals surface area contributed by atoms with Crippen LogP contribution in [0, 0.1) is 0 Å². The fourth-order valence-corrected chi connectivity index (χ4v) is 6.01. The van der Waals surface area contributed by atoms with Gasteiger partial charge in [-0.15, -0.1) is 0 Å². The van der Waals surface area contributed by atoms with Crippen LogP contribution >= 0.6 is 38.9 Å². The van der Waals surface area contributed by atoms with Crippen LogP contribution in [-0.4, -0.2) is 38.9 Å². The number of esters is 1. The highest BCUT2D eigenvalue weighted by Gasteiger charge is 2.35. The maximum atomic E-state index is 13.7. The van der Waals surface area contributed by atoms with Crippen LogP contribution in [0.25, 0.3) is 6.08 Å². The number of aromatic nitrogens is 1. The van der Waals surface area contributed by atoms with Crippen molar-refractivity contribution in [3.05, 3.63) is 88.0 Å². The standard InChI is InChI=1S/C25H23BrClN3O4S/c1-13-21(24(32)34-5)22(16-12-15(27)7-9-19(16)33-4)30-23(31)20(35-25(30)28-13)11-14-6-8-18(29(2)3)17(26)10-14/h6-12,22H,1-5H3/b20-11-/t22-/m0/s1. The van der Waals surface area contributed by atoms with Crippen molar-refractivity contribution in [2.75, 3.05) is 33.2 Å². The number of hydrogen-bond acceptors (Lipinski definition) is 7. The van der Waals surface area contributed by atoms with E-state index in [1.807, 2.05) is 43.3 Å². The van der Waals surface area contributed by atoms with Gasteiger partial charge >= 0.3 is 5.97 Å². The summed E-state index contributed by atoms with van der Waals surface area (Å²) in [4.78, 5) is 33.6. The van der Waals surface area contributed by atoms with Crippen molar-refractivity contribution in [1.29, 1.82) is 0 Å². The van der Waals surface area contributed by atoms with Crippen LogP contribution in [0.3, 0.4) is 0 Å². The molecule has 1 aliphatic heterocycles. The fourth-order valence-electron chi connectivity index (χ4n) is 4.03. The molecule has 0 spiro atoms. The fraction of sp³-hybridized carbons (Fsp3) is 0.240. The topological polar surface area (TPSA) is 73.1 Å². The summed E-state index contributed by atoms with van der Waals surface area (Å²) in [6.45, 7) is 1.73. The summed E-state index contributed by atoms with van der Waals surface area (Å²) >= 11 is 11.2. The number of halogens is 2. The van der Waals surface area contributed by atoms with E-state index in [9.17, 15) is 9.59 Å². The van der Waals surface area contributed by atoms with Gasteiger partial charge in [0.15, 0.2) is 4.80 Å². The van der Waals surface area contributed by atoms with E-state index in [-0.39, 0.29) is 11.1 Å². The van der Waals surface area contributed by atoms with Gasteiger partial charge in [0, 0.05) is 29.2 Å². The Morgan fingerprint density at radius 3 is 2.60 bits per heavy atom. The first-order valence-electron chi connectivity index (χ1n) is 10.6. The van der Waals surface area contributed by atoms with E-state index in [2.05, 4.69) is 20.9 Å². The number of carbonyl (C=O) groups excluding carboxylic acids is 1. The van der Waals surface area contributed by atoms with Crippen molar-refractivity contribution in [3.63, 3.8) is 0 Å². The zero-order valence-electron chi connectivity index (χ0n) is 19.8. The molecule has 182 valence electrons. The van der Waals surface area contributed by atoms with Crippen LogP contribution in [0.5, 0.6) is 5.75 Å². The van der Waals surface area contributed by atoms with Crippen LogP contribution in [0.2, 0.25) is 5.02 Å². The predicted molar refractivity (Wildman–Crippen MR) is 142 cm³/mol. The molecule has 7 nitrogen and oxygen atoms in total. The van der Waals surface area contributed by atoms with E-state index in [4.69, 9.17) is 21.1 Å². The quantitative estimate of drug-likeness (QED) is 0.431. The molecule has 0 bridgehead atoms. The number of rotatable bonds is 5. The Hall–Kier alpha value is -2.88. The molecule has 0 unspecified atom stereocenters. The van der Waals surface area contributed by atoms with Crippen molar-refractivity contribution in [1.82, 2.24) is 4.57 Å². The Bertz CT molecular complexity index is 1540. The molecule has 0 aliphatic carbocycles. The highest BCUT2D eigenvalue weighted by molar-refractivity contribution is 9.10. The SMILES string of the molecule is COC(=O)C1=C(C)N=c2s/c(=C\c3ccc(N(C)C)c(Br)c3)c(=O)n2[C@H]1c1cc(Cl)ccc1OC. The highest BCUT2D eigenvalue weighted by Crippen LogP contribution is 2.37. The first kappa shape index (κ1) is 25.2. The number of anilines is 1. The first-order chi connectivity index (χ1) is 16.7. The number of allylic oxidation sites excluding steroid dienone is 1. The van der Waals surface area contributed by atoms with E-state index in [1.165, 1.54) is 30.1 Å². The molecule has 3 aromatic rings. The molecule has 2 heterocycles. The minimum absolute atomic E-state index is 0.255. The zero-order valence-corrected chi connectivity index (χ0v) is 22.9. The zero-order chi connectivity index (χ0) is 25.4. The van der Waals surface area contributed by atoms with E-state index >= 15 is 0 Å². The minimum Gasteiger partial charge on any atom is -0.496 e. The summed E-state index contributed by atoms with van der Waals surface area (Å²) in [5, 5.41) is 0.452. The van der Waals surface area contributed by atoms with Crippen molar-refractivity contribution in [3.8, 4) is 5.75 Å². The Morgan fingerprint density at radius 2 is 1.97 bits per heavy atom. The van der Waals surface area contributed by atoms with Gasteiger partial charge in [-0.2, -0.15) is 0 Å². The third-order valence-electron chi connectivity index (χ3n) is 5.66. The Balaban J connectivity index is 1.98. The molecule has 0 N–H and O–H groups in total. The number of ether oxygens (including phenoxy) is 2. The maximum Gasteiger partial charge on any atom is 0.338 e. The number of benzene rings is 2. The second-order valence-electron chi connectivity index (χ2n) is 8.06. The van der Waals surface area contributed by atoms with E-state index in [0.717, 1.165) is 15.7 Å². The molecule has 2 aromatic carbocycles. The number of methoxy groups -OCH3 is 2. The smallest absolute Gasteiger partial charge is 0.338 e. The number of fused-ring (bicyclic) bond motifs is 1. The normalized spacial score (nSPS) is 15.5. The summed E-state index contributed by atoms with van der Waals surface area (Å²) in [5.41, 5.74) is 2.89. The molecule has 1 aliphatic rings. The number of hydrogen-bond donors (Lipinski definition) is 0. The monoisotopic (exact) mass is 575 g/mol. The average molecular weight is 577 g/mol. The van der Waals surface area contributed by atoms with Gasteiger partial charge in [-0.05, 0) is 64.8 Å². The van der Waals surface area contributed by atoms with Crippen LogP contribution in [-0.2, 0) is 9.53 Å². The highest BCUT2D eigenvalue weighted by atomic mass is 79.9. The van der Waals surface area contributed by atoms with Gasteiger partial charge < -0.3 is 14.4 Å². The molecule has 1 atom stereocenters. The Morgan fingerprint density at radius 1 is 1.23 bits per heavy atom. The third-order valence-corrected chi connectivity index (χ3v) is 7.52. The summed E-state index contributed by atoms with van der Waals surface area (Å²) in [6.07, 6.45) is 1.82. The van der Waals surface area contributed by atoms with Gasteiger partial charge in [0.25, 0.3) is 5.56 Å². The molecule has 4 rings (SSSR count). The molecule has 0 saturated carbocycles. The summed E-state index contributed by atoms with van der Waals surface area (Å²) in [6, 6.07) is 10.2. The van der Waals surface area contributed by atoms with Gasteiger partial charge in [-0.1, -0.05) is 29.0 Å². The van der Waals surface area contributed by atoms with Gasteiger partial charge in [-0.3, -0.25) is 9.36 Å². The second kappa shape index (κ2) is 10.0. The molecule has 0 fully saturated rings. The molecule has 10 heteroatoms. The lowest BCUT2D eigenvalue weighted by molar-refractivity contribution is -0.136. The number of thiazole rings is 1. The van der Waals surface area contributed by atoms with Gasteiger partial charge in [-0.25, -0.2) is 9.79 Å². The summed E-state index contributed by atoms with van der Waals surface area (Å²) < 4.78 is 13.5. The number of carbonyl (C=O) groups is 1. The lowest BCUT2D eigenvalue weighted by Crippen LogP contribution is -2.40. The Labute approximate surface area is 219 Å².